The maximum Gasteiger partial charge on any atom is 0.235 e. The molecular weight excluding hydrogens is 246 g/mol. The zero-order valence-corrected chi connectivity index (χ0v) is 14.2. The minimum atomic E-state index is 0.227. The number of rotatable bonds is 13. The fourth-order valence-corrected chi connectivity index (χ4v) is 2.57. The van der Waals surface area contributed by atoms with Gasteiger partial charge in [0.15, 0.2) is 0 Å². The van der Waals surface area contributed by atoms with Crippen LogP contribution in [0.25, 0.3) is 0 Å². The number of hydrogen-bond donors (Lipinski definition) is 0. The van der Waals surface area contributed by atoms with Crippen molar-refractivity contribution in [1.82, 2.24) is 0 Å². The van der Waals surface area contributed by atoms with E-state index in [1.54, 1.807) is 6.08 Å². The highest BCUT2D eigenvalue weighted by Gasteiger charge is 2.07. The lowest BCUT2D eigenvalue weighted by Crippen LogP contribution is -2.04. The van der Waals surface area contributed by atoms with Crippen LogP contribution in [0.2, 0.25) is 0 Å². The Hall–Kier alpha value is -0.620. The quantitative estimate of drug-likeness (QED) is 0.234. The van der Waals surface area contributed by atoms with Crippen molar-refractivity contribution in [2.75, 3.05) is 0 Å². The zero-order valence-electron chi connectivity index (χ0n) is 14.2. The summed E-state index contributed by atoms with van der Waals surface area (Å²) >= 11 is 0. The number of aliphatic imine (C=N–C) groups is 1. The molecule has 0 N–H and O–H groups in total. The van der Waals surface area contributed by atoms with Crippen molar-refractivity contribution in [3.05, 3.63) is 0 Å². The molecule has 2 nitrogen and oxygen atoms in total. The Morgan fingerprint density at radius 3 is 1.55 bits per heavy atom. The maximum absolute atomic E-state index is 10.5. The van der Waals surface area contributed by atoms with Crippen LogP contribution in [-0.2, 0) is 4.79 Å². The number of isocyanates is 1. The molecule has 0 aromatic rings. The molecule has 1 atom stereocenters. The van der Waals surface area contributed by atoms with Crippen LogP contribution in [0.4, 0.5) is 0 Å². The van der Waals surface area contributed by atoms with E-state index in [0.717, 1.165) is 24.7 Å². The second-order valence-electron chi connectivity index (χ2n) is 6.94. The van der Waals surface area contributed by atoms with Crippen molar-refractivity contribution in [3.63, 3.8) is 0 Å². The first kappa shape index (κ1) is 19.4. The monoisotopic (exact) mass is 281 g/mol. The number of nitrogens with zero attached hydrogens (tertiary/aromatic N) is 1. The predicted octanol–water partition coefficient (Wildman–Crippen LogP) is 5.90. The first-order chi connectivity index (χ1) is 9.56. The Morgan fingerprint density at radius 1 is 0.700 bits per heavy atom. The summed E-state index contributed by atoms with van der Waals surface area (Å²) in [5, 5.41) is 0. The second kappa shape index (κ2) is 13.4. The summed E-state index contributed by atoms with van der Waals surface area (Å²) in [4.78, 5) is 14.5. The molecule has 20 heavy (non-hydrogen) atoms. The van der Waals surface area contributed by atoms with Crippen LogP contribution in [0.1, 0.15) is 91.9 Å². The average molecular weight is 281 g/mol. The molecule has 0 amide bonds. The Bertz CT molecular complexity index is 254. The summed E-state index contributed by atoms with van der Waals surface area (Å²) in [5.74, 6) is 1.60. The molecule has 0 fully saturated rings. The highest BCUT2D eigenvalue weighted by atomic mass is 16.1. The van der Waals surface area contributed by atoms with Gasteiger partial charge in [-0.2, -0.15) is 0 Å². The van der Waals surface area contributed by atoms with Crippen LogP contribution < -0.4 is 0 Å². The van der Waals surface area contributed by atoms with E-state index in [4.69, 9.17) is 0 Å². The molecule has 0 bridgehead atoms. The van der Waals surface area contributed by atoms with E-state index in [-0.39, 0.29) is 6.04 Å². The molecule has 0 heterocycles. The normalized spacial score (nSPS) is 12.7. The van der Waals surface area contributed by atoms with Gasteiger partial charge >= 0.3 is 0 Å². The van der Waals surface area contributed by atoms with E-state index in [1.807, 2.05) is 0 Å². The van der Waals surface area contributed by atoms with Gasteiger partial charge in [-0.3, -0.25) is 0 Å². The third kappa shape index (κ3) is 13.8. The minimum Gasteiger partial charge on any atom is -0.211 e. The van der Waals surface area contributed by atoms with Gasteiger partial charge in [-0.25, -0.2) is 9.79 Å². The van der Waals surface area contributed by atoms with Crippen molar-refractivity contribution in [2.24, 2.45) is 16.8 Å². The van der Waals surface area contributed by atoms with Crippen LogP contribution >= 0.6 is 0 Å². The van der Waals surface area contributed by atoms with E-state index in [1.165, 1.54) is 51.4 Å². The first-order valence-corrected chi connectivity index (χ1v) is 8.63. The van der Waals surface area contributed by atoms with Crippen molar-refractivity contribution in [3.8, 4) is 0 Å². The van der Waals surface area contributed by atoms with Crippen LogP contribution in [0.5, 0.6) is 0 Å². The van der Waals surface area contributed by atoms with Crippen LogP contribution in [-0.4, -0.2) is 12.1 Å². The second-order valence-corrected chi connectivity index (χ2v) is 6.94. The summed E-state index contributed by atoms with van der Waals surface area (Å²) in [6.07, 6.45) is 14.1. The van der Waals surface area contributed by atoms with Crippen molar-refractivity contribution < 1.29 is 4.79 Å². The fourth-order valence-electron chi connectivity index (χ4n) is 2.57. The predicted molar refractivity (Wildman–Crippen MR) is 87.8 cm³/mol. The standard InChI is InChI=1S/C18H35NO/c1-16(2)11-7-5-6-8-13-18(19-15-20)14-10-9-12-17(3)4/h16-18H,5-14H2,1-4H3. The molecule has 0 aliphatic carbocycles. The van der Waals surface area contributed by atoms with E-state index in [2.05, 4.69) is 32.7 Å². The highest BCUT2D eigenvalue weighted by Crippen LogP contribution is 2.17. The minimum absolute atomic E-state index is 0.227. The fraction of sp³-hybridized carbons (Fsp3) is 0.944. The largest absolute Gasteiger partial charge is 0.235 e. The SMILES string of the molecule is CC(C)CCCCCCC(CCCCC(C)C)N=C=O. The third-order valence-corrected chi connectivity index (χ3v) is 3.87. The third-order valence-electron chi connectivity index (χ3n) is 3.87. The lowest BCUT2D eigenvalue weighted by Gasteiger charge is -2.11. The Balaban J connectivity index is 3.62. The van der Waals surface area contributed by atoms with Gasteiger partial charge in [0.2, 0.25) is 6.08 Å². The molecule has 118 valence electrons. The Labute approximate surface area is 126 Å². The molecule has 0 aromatic heterocycles. The molecule has 0 aliphatic rings. The Kier molecular flexibility index (Phi) is 13.0. The van der Waals surface area contributed by atoms with Gasteiger partial charge in [0.1, 0.15) is 0 Å². The van der Waals surface area contributed by atoms with Crippen LogP contribution in [0.3, 0.4) is 0 Å². The lowest BCUT2D eigenvalue weighted by atomic mass is 9.99. The maximum atomic E-state index is 10.5. The lowest BCUT2D eigenvalue weighted by molar-refractivity contribution is 0.459. The molecule has 0 spiro atoms. The molecule has 0 saturated carbocycles. The van der Waals surface area contributed by atoms with Gasteiger partial charge in [-0.05, 0) is 24.7 Å². The van der Waals surface area contributed by atoms with Gasteiger partial charge < -0.3 is 0 Å². The summed E-state index contributed by atoms with van der Waals surface area (Å²) < 4.78 is 0. The molecular formula is C18H35NO. The smallest absolute Gasteiger partial charge is 0.211 e. The highest BCUT2D eigenvalue weighted by molar-refractivity contribution is 5.33. The van der Waals surface area contributed by atoms with E-state index in [0.29, 0.717) is 0 Å². The molecule has 0 radical (unpaired) electrons. The van der Waals surface area contributed by atoms with Crippen molar-refractivity contribution in [2.45, 2.75) is 97.9 Å². The van der Waals surface area contributed by atoms with E-state index < -0.39 is 0 Å². The zero-order chi connectivity index (χ0) is 15.2. The van der Waals surface area contributed by atoms with E-state index in [9.17, 15) is 4.79 Å². The summed E-state index contributed by atoms with van der Waals surface area (Å²) in [6, 6.07) is 0.227. The van der Waals surface area contributed by atoms with Gasteiger partial charge in [-0.1, -0.05) is 79.1 Å². The van der Waals surface area contributed by atoms with Gasteiger partial charge in [0.25, 0.3) is 0 Å². The molecule has 0 aromatic carbocycles. The average Bonchev–Trinajstić information content (AvgIpc) is 2.37. The van der Waals surface area contributed by atoms with Crippen molar-refractivity contribution in [1.29, 1.82) is 0 Å². The first-order valence-electron chi connectivity index (χ1n) is 8.63. The summed E-state index contributed by atoms with van der Waals surface area (Å²) in [6.45, 7) is 9.09. The molecule has 1 unspecified atom stereocenters. The molecule has 0 rings (SSSR count). The molecule has 0 saturated heterocycles. The molecule has 0 aliphatic heterocycles. The number of hydrogen-bond acceptors (Lipinski definition) is 2. The van der Waals surface area contributed by atoms with E-state index >= 15 is 0 Å². The number of unbranched alkanes of at least 4 members (excludes halogenated alkanes) is 4. The number of carbonyl (C=O) groups excluding carboxylic acids is 1. The van der Waals surface area contributed by atoms with Gasteiger partial charge in [0.05, 0.1) is 6.04 Å². The van der Waals surface area contributed by atoms with Gasteiger partial charge in [0, 0.05) is 0 Å². The molecule has 2 heteroatoms. The summed E-state index contributed by atoms with van der Waals surface area (Å²) in [5.41, 5.74) is 0. The van der Waals surface area contributed by atoms with Crippen LogP contribution in [0, 0.1) is 11.8 Å². The summed E-state index contributed by atoms with van der Waals surface area (Å²) in [7, 11) is 0. The Morgan fingerprint density at radius 2 is 1.10 bits per heavy atom. The van der Waals surface area contributed by atoms with Crippen LogP contribution in [0.15, 0.2) is 4.99 Å². The topological polar surface area (TPSA) is 29.4 Å². The van der Waals surface area contributed by atoms with Gasteiger partial charge in [-0.15, -0.1) is 0 Å². The van der Waals surface area contributed by atoms with Crippen molar-refractivity contribution >= 4 is 6.08 Å².